The molecule has 0 bridgehead atoms. The Labute approximate surface area is 113 Å². The maximum Gasteiger partial charge on any atom is 0.255 e. The lowest BCUT2D eigenvalue weighted by molar-refractivity contribution is 0.707. The van der Waals surface area contributed by atoms with Crippen molar-refractivity contribution in [2.45, 2.75) is 38.5 Å². The standard InChI is InChI=1S/C14H22N4O/c19-13-11-5-2-1-3-6-12(11)16-14(17-13)18-9-4-7-15-8-10-18/h15H,1-10H2,(H,16,17,19). The van der Waals surface area contributed by atoms with Crippen molar-refractivity contribution >= 4 is 5.95 Å². The van der Waals surface area contributed by atoms with Crippen LogP contribution in [-0.4, -0.2) is 36.1 Å². The minimum atomic E-state index is 0.0825. The highest BCUT2D eigenvalue weighted by atomic mass is 16.1. The second-order valence-corrected chi connectivity index (χ2v) is 5.47. The van der Waals surface area contributed by atoms with Crippen LogP contribution >= 0.6 is 0 Å². The van der Waals surface area contributed by atoms with E-state index in [0.717, 1.165) is 75.5 Å². The molecular formula is C14H22N4O. The van der Waals surface area contributed by atoms with Crippen molar-refractivity contribution in [3.8, 4) is 0 Å². The molecule has 1 aliphatic heterocycles. The van der Waals surface area contributed by atoms with Gasteiger partial charge in [0.1, 0.15) is 0 Å². The zero-order valence-electron chi connectivity index (χ0n) is 11.4. The van der Waals surface area contributed by atoms with Crippen molar-refractivity contribution in [3.63, 3.8) is 0 Å². The van der Waals surface area contributed by atoms with E-state index in [-0.39, 0.29) is 5.56 Å². The molecule has 2 N–H and O–H groups in total. The Morgan fingerprint density at radius 1 is 1.00 bits per heavy atom. The number of aryl methyl sites for hydroxylation is 1. The first kappa shape index (κ1) is 12.7. The molecule has 1 aliphatic carbocycles. The fourth-order valence-electron chi connectivity index (χ4n) is 2.97. The van der Waals surface area contributed by atoms with Crippen LogP contribution in [0.25, 0.3) is 0 Å². The summed E-state index contributed by atoms with van der Waals surface area (Å²) >= 11 is 0. The fourth-order valence-corrected chi connectivity index (χ4v) is 2.97. The molecule has 104 valence electrons. The molecule has 0 spiro atoms. The summed E-state index contributed by atoms with van der Waals surface area (Å²) < 4.78 is 0. The number of aromatic nitrogens is 2. The number of rotatable bonds is 1. The Hall–Kier alpha value is -1.36. The molecule has 0 unspecified atom stereocenters. The van der Waals surface area contributed by atoms with E-state index in [9.17, 15) is 4.79 Å². The molecule has 0 atom stereocenters. The molecule has 1 fully saturated rings. The number of anilines is 1. The van der Waals surface area contributed by atoms with E-state index in [1.165, 1.54) is 6.42 Å². The third kappa shape index (κ3) is 2.81. The Morgan fingerprint density at radius 3 is 2.84 bits per heavy atom. The average Bonchev–Trinajstić information content (AvgIpc) is 2.81. The summed E-state index contributed by atoms with van der Waals surface area (Å²) in [5.74, 6) is 0.773. The summed E-state index contributed by atoms with van der Waals surface area (Å²) in [5.41, 5.74) is 2.04. The Balaban J connectivity index is 1.92. The van der Waals surface area contributed by atoms with Crippen molar-refractivity contribution in [1.29, 1.82) is 0 Å². The molecule has 0 radical (unpaired) electrons. The van der Waals surface area contributed by atoms with Crippen molar-refractivity contribution in [2.24, 2.45) is 0 Å². The Bertz CT molecular complexity index is 489. The molecule has 5 nitrogen and oxygen atoms in total. The van der Waals surface area contributed by atoms with Gasteiger partial charge in [0.25, 0.3) is 5.56 Å². The van der Waals surface area contributed by atoms with Crippen LogP contribution in [0.4, 0.5) is 5.95 Å². The molecule has 1 saturated heterocycles. The van der Waals surface area contributed by atoms with Gasteiger partial charge in [0.05, 0.1) is 5.69 Å². The van der Waals surface area contributed by atoms with Crippen molar-refractivity contribution in [2.75, 3.05) is 31.1 Å². The summed E-state index contributed by atoms with van der Waals surface area (Å²) in [4.78, 5) is 22.2. The summed E-state index contributed by atoms with van der Waals surface area (Å²) in [6, 6.07) is 0. The Kier molecular flexibility index (Phi) is 3.82. The number of hydrogen-bond donors (Lipinski definition) is 2. The molecule has 3 rings (SSSR count). The fraction of sp³-hybridized carbons (Fsp3) is 0.714. The van der Waals surface area contributed by atoms with Gasteiger partial charge in [0.15, 0.2) is 0 Å². The predicted octanol–water partition coefficient (Wildman–Crippen LogP) is 0.838. The van der Waals surface area contributed by atoms with Crippen LogP contribution in [0, 0.1) is 0 Å². The molecule has 0 aromatic carbocycles. The first-order valence-corrected chi connectivity index (χ1v) is 7.42. The van der Waals surface area contributed by atoms with Gasteiger partial charge in [-0.3, -0.25) is 9.78 Å². The number of hydrogen-bond acceptors (Lipinski definition) is 4. The van der Waals surface area contributed by atoms with E-state index in [0.29, 0.717) is 0 Å². The van der Waals surface area contributed by atoms with Crippen LogP contribution in [0.3, 0.4) is 0 Å². The molecule has 0 saturated carbocycles. The second-order valence-electron chi connectivity index (χ2n) is 5.47. The first-order chi connectivity index (χ1) is 9.34. The average molecular weight is 262 g/mol. The van der Waals surface area contributed by atoms with Gasteiger partial charge in [-0.2, -0.15) is 0 Å². The molecular weight excluding hydrogens is 240 g/mol. The number of aromatic amines is 1. The highest BCUT2D eigenvalue weighted by Crippen LogP contribution is 2.18. The third-order valence-electron chi connectivity index (χ3n) is 4.07. The largest absolute Gasteiger partial charge is 0.341 e. The van der Waals surface area contributed by atoms with Crippen molar-refractivity contribution < 1.29 is 0 Å². The summed E-state index contributed by atoms with van der Waals surface area (Å²) in [5, 5.41) is 3.37. The van der Waals surface area contributed by atoms with Crippen LogP contribution in [0.5, 0.6) is 0 Å². The monoisotopic (exact) mass is 262 g/mol. The first-order valence-electron chi connectivity index (χ1n) is 7.42. The maximum atomic E-state index is 12.2. The molecule has 1 aromatic rings. The predicted molar refractivity (Wildman–Crippen MR) is 75.8 cm³/mol. The van der Waals surface area contributed by atoms with Crippen molar-refractivity contribution in [3.05, 3.63) is 21.6 Å². The molecule has 2 aliphatic rings. The minimum Gasteiger partial charge on any atom is -0.341 e. The van der Waals surface area contributed by atoms with E-state index in [1.54, 1.807) is 0 Å². The molecule has 0 amide bonds. The highest BCUT2D eigenvalue weighted by molar-refractivity contribution is 5.34. The smallest absolute Gasteiger partial charge is 0.255 e. The quantitative estimate of drug-likeness (QED) is 0.736. The molecule has 5 heteroatoms. The van der Waals surface area contributed by atoms with Gasteiger partial charge < -0.3 is 10.2 Å². The van der Waals surface area contributed by atoms with Crippen molar-refractivity contribution in [1.82, 2.24) is 15.3 Å². The van der Waals surface area contributed by atoms with Gasteiger partial charge in [-0.25, -0.2) is 4.98 Å². The summed E-state index contributed by atoms with van der Waals surface area (Å²) in [7, 11) is 0. The topological polar surface area (TPSA) is 61.0 Å². The van der Waals surface area contributed by atoms with Crippen LogP contribution in [0.2, 0.25) is 0 Å². The zero-order valence-corrected chi connectivity index (χ0v) is 11.4. The van der Waals surface area contributed by atoms with Crippen LogP contribution in [0.15, 0.2) is 4.79 Å². The number of H-pyrrole nitrogens is 1. The van der Waals surface area contributed by atoms with Gasteiger partial charge in [-0.15, -0.1) is 0 Å². The third-order valence-corrected chi connectivity index (χ3v) is 4.07. The van der Waals surface area contributed by atoms with E-state index in [4.69, 9.17) is 4.98 Å². The number of fused-ring (bicyclic) bond motifs is 1. The maximum absolute atomic E-state index is 12.2. The van der Waals surface area contributed by atoms with E-state index < -0.39 is 0 Å². The van der Waals surface area contributed by atoms with E-state index in [1.807, 2.05) is 0 Å². The summed E-state index contributed by atoms with van der Waals surface area (Å²) in [6.07, 6.45) is 6.42. The van der Waals surface area contributed by atoms with Gasteiger partial charge in [-0.1, -0.05) is 6.42 Å². The van der Waals surface area contributed by atoms with Gasteiger partial charge in [0.2, 0.25) is 5.95 Å². The molecule has 19 heavy (non-hydrogen) atoms. The normalized spacial score (nSPS) is 20.5. The van der Waals surface area contributed by atoms with Gasteiger partial charge in [0, 0.05) is 25.2 Å². The molecule has 2 heterocycles. The zero-order chi connectivity index (χ0) is 13.1. The van der Waals surface area contributed by atoms with Crippen LogP contribution < -0.4 is 15.8 Å². The second kappa shape index (κ2) is 5.74. The lowest BCUT2D eigenvalue weighted by Gasteiger charge is -2.21. The SMILES string of the molecule is O=c1[nH]c(N2CCCNCC2)nc2c1CCCCC2. The van der Waals surface area contributed by atoms with Crippen LogP contribution in [0.1, 0.15) is 36.9 Å². The number of nitrogens with one attached hydrogen (secondary N) is 2. The lowest BCUT2D eigenvalue weighted by Crippen LogP contribution is -2.32. The van der Waals surface area contributed by atoms with E-state index >= 15 is 0 Å². The van der Waals surface area contributed by atoms with Gasteiger partial charge >= 0.3 is 0 Å². The Morgan fingerprint density at radius 2 is 1.89 bits per heavy atom. The molecule has 1 aromatic heterocycles. The summed E-state index contributed by atoms with van der Waals surface area (Å²) in [6.45, 7) is 3.89. The number of nitrogens with zero attached hydrogens (tertiary/aromatic N) is 2. The lowest BCUT2D eigenvalue weighted by atomic mass is 10.1. The van der Waals surface area contributed by atoms with Crippen LogP contribution in [-0.2, 0) is 12.8 Å². The highest BCUT2D eigenvalue weighted by Gasteiger charge is 2.17. The van der Waals surface area contributed by atoms with Gasteiger partial charge in [-0.05, 0) is 38.6 Å². The van der Waals surface area contributed by atoms with E-state index in [2.05, 4.69) is 15.2 Å². The minimum absolute atomic E-state index is 0.0825.